The zero-order valence-corrected chi connectivity index (χ0v) is 10.4. The first-order chi connectivity index (χ1) is 8.49. The van der Waals surface area contributed by atoms with Gasteiger partial charge in [0, 0.05) is 6.04 Å². The second-order valence-electron chi connectivity index (χ2n) is 3.93. The summed E-state index contributed by atoms with van der Waals surface area (Å²) in [6.45, 7) is 7.05. The highest BCUT2D eigenvalue weighted by atomic mass is 19.2. The molecule has 0 spiro atoms. The van der Waals surface area contributed by atoms with Gasteiger partial charge in [0.05, 0.1) is 11.4 Å². The molecule has 1 rings (SSSR count). The van der Waals surface area contributed by atoms with Gasteiger partial charge in [-0.3, -0.25) is 4.79 Å². The molecular formula is C13H16F2N2O. The van der Waals surface area contributed by atoms with Crippen molar-refractivity contribution < 1.29 is 13.6 Å². The van der Waals surface area contributed by atoms with Crippen LogP contribution in [0, 0.1) is 11.6 Å². The minimum absolute atomic E-state index is 0.0410. The number of benzene rings is 1. The van der Waals surface area contributed by atoms with E-state index in [-0.39, 0.29) is 17.4 Å². The molecule has 98 valence electrons. The van der Waals surface area contributed by atoms with Crippen molar-refractivity contribution in [3.8, 4) is 0 Å². The normalized spacial score (nSPS) is 11.8. The van der Waals surface area contributed by atoms with Crippen molar-refractivity contribution in [3.63, 3.8) is 0 Å². The first kappa shape index (κ1) is 14.2. The number of halogens is 2. The highest BCUT2D eigenvalue weighted by molar-refractivity contribution is 6.01. The van der Waals surface area contributed by atoms with E-state index in [0.717, 1.165) is 18.6 Å². The molecule has 1 aromatic carbocycles. The van der Waals surface area contributed by atoms with Gasteiger partial charge in [-0.15, -0.1) is 0 Å². The predicted octanol–water partition coefficient (Wildman–Crippen LogP) is 3.30. The summed E-state index contributed by atoms with van der Waals surface area (Å²) in [6, 6.07) is 2.24. The van der Waals surface area contributed by atoms with Crippen molar-refractivity contribution in [2.24, 2.45) is 0 Å². The first-order valence-electron chi connectivity index (χ1n) is 5.67. The Hall–Kier alpha value is -1.91. The maximum atomic E-state index is 13.7. The quantitative estimate of drug-likeness (QED) is 0.791. The number of hydrogen-bond donors (Lipinski definition) is 2. The zero-order valence-electron chi connectivity index (χ0n) is 10.4. The molecule has 0 heterocycles. The number of rotatable bonds is 5. The number of anilines is 2. The topological polar surface area (TPSA) is 41.1 Å². The molecule has 5 heteroatoms. The smallest absolute Gasteiger partial charge is 0.247 e. The summed E-state index contributed by atoms with van der Waals surface area (Å²) in [6.07, 6.45) is 1.80. The maximum absolute atomic E-state index is 13.7. The third-order valence-electron chi connectivity index (χ3n) is 2.54. The lowest BCUT2D eigenvalue weighted by Crippen LogP contribution is -2.18. The Morgan fingerprint density at radius 1 is 1.50 bits per heavy atom. The first-order valence-corrected chi connectivity index (χ1v) is 5.67. The van der Waals surface area contributed by atoms with Crippen LogP contribution in [0.4, 0.5) is 20.2 Å². The van der Waals surface area contributed by atoms with Crippen LogP contribution in [0.25, 0.3) is 0 Å². The summed E-state index contributed by atoms with van der Waals surface area (Å²) in [4.78, 5) is 11.2. The maximum Gasteiger partial charge on any atom is 0.247 e. The highest BCUT2D eigenvalue weighted by Gasteiger charge is 2.15. The largest absolute Gasteiger partial charge is 0.378 e. The molecule has 0 aliphatic carbocycles. The molecule has 0 aromatic heterocycles. The summed E-state index contributed by atoms with van der Waals surface area (Å²) in [5.74, 6) is -2.44. The fraction of sp³-hybridized carbons (Fsp3) is 0.308. The molecule has 1 atom stereocenters. The summed E-state index contributed by atoms with van der Waals surface area (Å²) < 4.78 is 26.9. The van der Waals surface area contributed by atoms with Crippen LogP contribution in [0.2, 0.25) is 0 Å². The molecule has 0 bridgehead atoms. The van der Waals surface area contributed by atoms with Gasteiger partial charge in [-0.1, -0.05) is 13.5 Å². The fourth-order valence-electron chi connectivity index (χ4n) is 1.33. The van der Waals surface area contributed by atoms with Crippen LogP contribution in [0.5, 0.6) is 0 Å². The van der Waals surface area contributed by atoms with Crippen molar-refractivity contribution in [1.82, 2.24) is 0 Å². The molecule has 3 nitrogen and oxygen atoms in total. The van der Waals surface area contributed by atoms with E-state index in [1.165, 1.54) is 6.07 Å². The van der Waals surface area contributed by atoms with E-state index in [2.05, 4.69) is 17.2 Å². The van der Waals surface area contributed by atoms with Crippen molar-refractivity contribution in [2.45, 2.75) is 26.3 Å². The van der Waals surface area contributed by atoms with Crippen LogP contribution in [0.15, 0.2) is 24.8 Å². The van der Waals surface area contributed by atoms with Crippen LogP contribution in [-0.4, -0.2) is 11.9 Å². The van der Waals surface area contributed by atoms with Gasteiger partial charge in [-0.2, -0.15) is 0 Å². The number of hydrogen-bond acceptors (Lipinski definition) is 2. The Morgan fingerprint density at radius 3 is 2.72 bits per heavy atom. The molecule has 0 aliphatic heterocycles. The van der Waals surface area contributed by atoms with Gasteiger partial charge in [0.1, 0.15) is 0 Å². The Balaban J connectivity index is 3.12. The van der Waals surface area contributed by atoms with Crippen molar-refractivity contribution in [2.75, 3.05) is 10.6 Å². The lowest BCUT2D eigenvalue weighted by Gasteiger charge is -2.17. The van der Waals surface area contributed by atoms with Gasteiger partial charge in [0.25, 0.3) is 0 Å². The molecule has 1 unspecified atom stereocenters. The lowest BCUT2D eigenvalue weighted by molar-refractivity contribution is -0.111. The molecule has 0 saturated carbocycles. The Morgan fingerprint density at radius 2 is 2.17 bits per heavy atom. The van der Waals surface area contributed by atoms with Gasteiger partial charge in [-0.25, -0.2) is 8.78 Å². The molecule has 18 heavy (non-hydrogen) atoms. The van der Waals surface area contributed by atoms with Gasteiger partial charge in [0.15, 0.2) is 11.6 Å². The summed E-state index contributed by atoms with van der Waals surface area (Å²) in [7, 11) is 0. The molecule has 0 fully saturated rings. The molecule has 0 radical (unpaired) electrons. The standard InChI is InChI=1S/C13H16F2N2O/c1-4-8(3)16-13-10(17-11(18)5-2)7-6-9(14)12(13)15/h5-8,16H,2,4H2,1,3H3,(H,17,18). The third-order valence-corrected chi connectivity index (χ3v) is 2.54. The van der Waals surface area contributed by atoms with Crippen LogP contribution in [-0.2, 0) is 4.79 Å². The number of carbonyl (C=O) groups excluding carboxylic acids is 1. The highest BCUT2D eigenvalue weighted by Crippen LogP contribution is 2.28. The van der Waals surface area contributed by atoms with Crippen LogP contribution < -0.4 is 10.6 Å². The van der Waals surface area contributed by atoms with E-state index in [1.807, 2.05) is 13.8 Å². The lowest BCUT2D eigenvalue weighted by atomic mass is 10.2. The molecule has 1 aromatic rings. The average Bonchev–Trinajstić information content (AvgIpc) is 2.37. The Bertz CT molecular complexity index is 461. The number of amides is 1. The van der Waals surface area contributed by atoms with E-state index >= 15 is 0 Å². The molecule has 0 saturated heterocycles. The zero-order chi connectivity index (χ0) is 13.7. The van der Waals surface area contributed by atoms with E-state index < -0.39 is 17.5 Å². The third kappa shape index (κ3) is 3.29. The monoisotopic (exact) mass is 254 g/mol. The van der Waals surface area contributed by atoms with Gasteiger partial charge in [0.2, 0.25) is 5.91 Å². The number of nitrogens with one attached hydrogen (secondary N) is 2. The summed E-state index contributed by atoms with van der Waals surface area (Å²) >= 11 is 0. The fourth-order valence-corrected chi connectivity index (χ4v) is 1.33. The Labute approximate surface area is 105 Å². The van der Waals surface area contributed by atoms with E-state index in [1.54, 1.807) is 0 Å². The van der Waals surface area contributed by atoms with Crippen LogP contribution in [0.3, 0.4) is 0 Å². The predicted molar refractivity (Wildman–Crippen MR) is 68.6 cm³/mol. The van der Waals surface area contributed by atoms with Crippen LogP contribution >= 0.6 is 0 Å². The summed E-state index contributed by atoms with van der Waals surface area (Å²) in [5.41, 5.74) is 0.152. The van der Waals surface area contributed by atoms with E-state index in [4.69, 9.17) is 0 Å². The Kier molecular flexibility index (Phi) is 4.83. The van der Waals surface area contributed by atoms with E-state index in [9.17, 15) is 13.6 Å². The van der Waals surface area contributed by atoms with Gasteiger partial charge < -0.3 is 10.6 Å². The SMILES string of the molecule is C=CC(=O)Nc1ccc(F)c(F)c1NC(C)CC. The molecular weight excluding hydrogens is 238 g/mol. The van der Waals surface area contributed by atoms with Crippen molar-refractivity contribution in [3.05, 3.63) is 36.4 Å². The molecule has 0 aliphatic rings. The van der Waals surface area contributed by atoms with E-state index in [0.29, 0.717) is 0 Å². The number of carbonyl (C=O) groups is 1. The van der Waals surface area contributed by atoms with Crippen molar-refractivity contribution >= 4 is 17.3 Å². The second-order valence-corrected chi connectivity index (χ2v) is 3.93. The van der Waals surface area contributed by atoms with Gasteiger partial charge >= 0.3 is 0 Å². The molecule has 2 N–H and O–H groups in total. The molecule has 1 amide bonds. The second kappa shape index (κ2) is 6.14. The average molecular weight is 254 g/mol. The summed E-state index contributed by atoms with van der Waals surface area (Å²) in [5, 5.41) is 5.27. The van der Waals surface area contributed by atoms with Crippen molar-refractivity contribution in [1.29, 1.82) is 0 Å². The van der Waals surface area contributed by atoms with Crippen LogP contribution in [0.1, 0.15) is 20.3 Å². The van der Waals surface area contributed by atoms with Gasteiger partial charge in [-0.05, 0) is 31.6 Å². The minimum Gasteiger partial charge on any atom is -0.378 e. The minimum atomic E-state index is -1.00.